The summed E-state index contributed by atoms with van der Waals surface area (Å²) in [5.74, 6) is -0.638. The molecular weight excluding hydrogens is 474 g/mol. The number of hydrogen-bond acceptors (Lipinski definition) is 4. The maximum absolute atomic E-state index is 13.6. The maximum Gasteiger partial charge on any atom is 0.416 e. The summed E-state index contributed by atoms with van der Waals surface area (Å²) in [5.41, 5.74) is 3.06. The van der Waals surface area contributed by atoms with Crippen LogP contribution in [0.4, 0.5) is 17.6 Å². The van der Waals surface area contributed by atoms with E-state index in [1.165, 1.54) is 18.2 Å². The van der Waals surface area contributed by atoms with E-state index >= 15 is 0 Å². The lowest BCUT2D eigenvalue weighted by Gasteiger charge is -2.17. The third-order valence-corrected chi connectivity index (χ3v) is 6.03. The molecule has 36 heavy (non-hydrogen) atoms. The Morgan fingerprint density at radius 1 is 1.00 bits per heavy atom. The molecule has 0 bridgehead atoms. The van der Waals surface area contributed by atoms with Crippen LogP contribution in [0.3, 0.4) is 0 Å². The highest BCUT2D eigenvalue weighted by Crippen LogP contribution is 2.44. The first-order valence-corrected chi connectivity index (χ1v) is 11.6. The van der Waals surface area contributed by atoms with Crippen molar-refractivity contribution in [3.05, 3.63) is 94.1 Å². The number of aromatic nitrogens is 1. The molecule has 0 atom stereocenters. The van der Waals surface area contributed by atoms with Crippen molar-refractivity contribution < 1.29 is 31.8 Å². The van der Waals surface area contributed by atoms with Crippen LogP contribution in [0.25, 0.3) is 11.1 Å². The molecule has 2 aromatic carbocycles. The van der Waals surface area contributed by atoms with Crippen LogP contribution in [0.2, 0.25) is 0 Å². The molecule has 0 aliphatic heterocycles. The van der Waals surface area contributed by atoms with Crippen molar-refractivity contribution in [2.24, 2.45) is 0 Å². The molecule has 0 fully saturated rings. The number of nitrogens with zero attached hydrogens (tertiary/aromatic N) is 1. The zero-order valence-corrected chi connectivity index (χ0v) is 19.9. The number of aryl methyl sites for hydroxylation is 1. The van der Waals surface area contributed by atoms with Gasteiger partial charge >= 0.3 is 12.1 Å². The minimum absolute atomic E-state index is 0.0665. The topological polar surface area (TPSA) is 48.4 Å². The van der Waals surface area contributed by atoms with E-state index in [9.17, 15) is 22.4 Å². The number of rotatable bonds is 7. The van der Waals surface area contributed by atoms with Crippen LogP contribution >= 0.6 is 0 Å². The standard InChI is InChI=1S/C28H25F4NO3/c1-3-35-27(34)26-17(2)7-13-24(33-26)22-6-4-5-21(22)23-15-19(28(30,31)32)10-14-25(23)36-16-18-8-11-20(29)12-9-18/h7-15H,3-6,16H2,1-2H3. The predicted octanol–water partition coefficient (Wildman–Crippen LogP) is 7.40. The summed E-state index contributed by atoms with van der Waals surface area (Å²) in [6, 6.07) is 12.7. The summed E-state index contributed by atoms with van der Waals surface area (Å²) < 4.78 is 65.1. The van der Waals surface area contributed by atoms with E-state index in [1.807, 2.05) is 0 Å². The summed E-state index contributed by atoms with van der Waals surface area (Å²) in [6.07, 6.45) is -2.67. The zero-order valence-electron chi connectivity index (χ0n) is 19.9. The molecule has 0 N–H and O–H groups in total. The van der Waals surface area contributed by atoms with Gasteiger partial charge in [-0.15, -0.1) is 0 Å². The number of ether oxygens (including phenoxy) is 2. The Morgan fingerprint density at radius 3 is 2.42 bits per heavy atom. The van der Waals surface area contributed by atoms with Crippen molar-refractivity contribution >= 4 is 17.1 Å². The fourth-order valence-electron chi connectivity index (χ4n) is 4.24. The van der Waals surface area contributed by atoms with Crippen LogP contribution in [0, 0.1) is 12.7 Å². The van der Waals surface area contributed by atoms with Crippen molar-refractivity contribution in [3.63, 3.8) is 0 Å². The number of benzene rings is 2. The van der Waals surface area contributed by atoms with Gasteiger partial charge in [0, 0.05) is 5.56 Å². The van der Waals surface area contributed by atoms with Gasteiger partial charge < -0.3 is 9.47 Å². The summed E-state index contributed by atoms with van der Waals surface area (Å²) in [7, 11) is 0. The second kappa shape index (κ2) is 10.5. The first-order chi connectivity index (χ1) is 17.2. The molecule has 4 rings (SSSR count). The molecule has 4 nitrogen and oxygen atoms in total. The fourth-order valence-corrected chi connectivity index (χ4v) is 4.24. The number of pyridine rings is 1. The molecule has 188 valence electrons. The summed E-state index contributed by atoms with van der Waals surface area (Å²) in [5, 5.41) is 0. The average molecular weight is 500 g/mol. The smallest absolute Gasteiger partial charge is 0.416 e. The largest absolute Gasteiger partial charge is 0.488 e. The van der Waals surface area contributed by atoms with Crippen molar-refractivity contribution in [1.29, 1.82) is 0 Å². The lowest BCUT2D eigenvalue weighted by atomic mass is 9.96. The molecule has 0 radical (unpaired) electrons. The van der Waals surface area contributed by atoms with E-state index in [-0.39, 0.29) is 24.7 Å². The third kappa shape index (κ3) is 5.58. The van der Waals surface area contributed by atoms with E-state index in [2.05, 4.69) is 4.98 Å². The number of esters is 1. The number of carbonyl (C=O) groups is 1. The minimum atomic E-state index is -4.53. The van der Waals surface area contributed by atoms with Gasteiger partial charge in [-0.3, -0.25) is 0 Å². The Labute approximate surface area is 206 Å². The van der Waals surface area contributed by atoms with Gasteiger partial charge in [0.15, 0.2) is 5.69 Å². The summed E-state index contributed by atoms with van der Waals surface area (Å²) in [6.45, 7) is 3.73. The highest BCUT2D eigenvalue weighted by atomic mass is 19.4. The quantitative estimate of drug-likeness (QED) is 0.251. The average Bonchev–Trinajstić information content (AvgIpc) is 3.33. The molecule has 0 spiro atoms. The molecule has 1 aliphatic rings. The Kier molecular flexibility index (Phi) is 7.43. The normalized spacial score (nSPS) is 13.7. The van der Waals surface area contributed by atoms with Crippen LogP contribution in [0.15, 0.2) is 54.6 Å². The molecule has 8 heteroatoms. The van der Waals surface area contributed by atoms with E-state index in [1.54, 1.807) is 38.1 Å². The number of carbonyl (C=O) groups excluding carboxylic acids is 1. The molecule has 0 amide bonds. The van der Waals surface area contributed by atoms with Crippen LogP contribution in [0.5, 0.6) is 5.75 Å². The Bertz CT molecular complexity index is 1300. The Hall–Kier alpha value is -3.68. The lowest BCUT2D eigenvalue weighted by Crippen LogP contribution is -2.10. The maximum atomic E-state index is 13.6. The first kappa shape index (κ1) is 25.4. The lowest BCUT2D eigenvalue weighted by molar-refractivity contribution is -0.137. The SMILES string of the molecule is CCOC(=O)c1nc(C2=C(c3cc(C(F)(F)F)ccc3OCc3ccc(F)cc3)CCC2)ccc1C. The highest BCUT2D eigenvalue weighted by molar-refractivity contribution is 5.95. The second-order valence-electron chi connectivity index (χ2n) is 8.52. The molecule has 1 aliphatic carbocycles. The minimum Gasteiger partial charge on any atom is -0.488 e. The van der Waals surface area contributed by atoms with E-state index in [4.69, 9.17) is 9.47 Å². The first-order valence-electron chi connectivity index (χ1n) is 11.6. The Morgan fingerprint density at radius 2 is 1.72 bits per heavy atom. The van der Waals surface area contributed by atoms with Crippen molar-refractivity contribution in [2.75, 3.05) is 6.61 Å². The van der Waals surface area contributed by atoms with Gasteiger partial charge in [0.25, 0.3) is 0 Å². The van der Waals surface area contributed by atoms with Crippen LogP contribution in [0.1, 0.15) is 64.6 Å². The molecule has 0 saturated heterocycles. The summed E-state index contributed by atoms with van der Waals surface area (Å²) >= 11 is 0. The molecule has 1 heterocycles. The van der Waals surface area contributed by atoms with Crippen LogP contribution in [-0.2, 0) is 17.5 Å². The number of halogens is 4. The Balaban J connectivity index is 1.77. The monoisotopic (exact) mass is 499 g/mol. The van der Waals surface area contributed by atoms with Crippen LogP contribution < -0.4 is 4.74 Å². The van der Waals surface area contributed by atoms with Gasteiger partial charge in [0.2, 0.25) is 0 Å². The fraction of sp³-hybridized carbons (Fsp3) is 0.286. The van der Waals surface area contributed by atoms with Crippen molar-refractivity contribution in [2.45, 2.75) is 45.9 Å². The molecule has 3 aromatic rings. The molecule has 1 aromatic heterocycles. The summed E-state index contributed by atoms with van der Waals surface area (Å²) in [4.78, 5) is 16.9. The zero-order chi connectivity index (χ0) is 25.9. The van der Waals surface area contributed by atoms with Gasteiger partial charge in [-0.05, 0) is 91.8 Å². The van der Waals surface area contributed by atoms with E-state index in [0.29, 0.717) is 46.5 Å². The van der Waals surface area contributed by atoms with Gasteiger partial charge in [0.05, 0.1) is 17.9 Å². The van der Waals surface area contributed by atoms with Gasteiger partial charge in [-0.1, -0.05) is 18.2 Å². The predicted molar refractivity (Wildman–Crippen MR) is 128 cm³/mol. The third-order valence-electron chi connectivity index (χ3n) is 6.03. The van der Waals surface area contributed by atoms with Gasteiger partial charge in [0.1, 0.15) is 18.2 Å². The van der Waals surface area contributed by atoms with Crippen molar-refractivity contribution in [1.82, 2.24) is 4.98 Å². The van der Waals surface area contributed by atoms with E-state index in [0.717, 1.165) is 24.1 Å². The second-order valence-corrected chi connectivity index (χ2v) is 8.52. The van der Waals surface area contributed by atoms with Gasteiger partial charge in [-0.25, -0.2) is 14.2 Å². The number of allylic oxidation sites excluding steroid dienone is 2. The van der Waals surface area contributed by atoms with Crippen molar-refractivity contribution in [3.8, 4) is 5.75 Å². The van der Waals surface area contributed by atoms with E-state index < -0.39 is 17.7 Å². The van der Waals surface area contributed by atoms with Crippen LogP contribution in [-0.4, -0.2) is 17.6 Å². The number of alkyl halides is 3. The molecule has 0 unspecified atom stereocenters. The highest BCUT2D eigenvalue weighted by Gasteiger charge is 2.32. The molecule has 0 saturated carbocycles. The van der Waals surface area contributed by atoms with Gasteiger partial charge in [-0.2, -0.15) is 13.2 Å². The number of hydrogen-bond donors (Lipinski definition) is 0. The molecular formula is C28H25F4NO3.